The van der Waals surface area contributed by atoms with Gasteiger partial charge in [-0.15, -0.1) is 0 Å². The first-order valence-corrected chi connectivity index (χ1v) is 7.76. The van der Waals surface area contributed by atoms with Crippen molar-refractivity contribution in [3.05, 3.63) is 60.4 Å². The number of carbonyl (C=O) groups is 2. The van der Waals surface area contributed by atoms with Crippen LogP contribution in [0.5, 0.6) is 0 Å². The molecule has 0 radical (unpaired) electrons. The third-order valence-corrected chi connectivity index (χ3v) is 3.83. The van der Waals surface area contributed by atoms with Gasteiger partial charge in [0, 0.05) is 31.5 Å². The van der Waals surface area contributed by atoms with Gasteiger partial charge >= 0.3 is 0 Å². The van der Waals surface area contributed by atoms with E-state index in [0.29, 0.717) is 11.3 Å². The van der Waals surface area contributed by atoms with Crippen LogP contribution in [0.1, 0.15) is 35.4 Å². The number of carbonyl (C=O) groups excluding carboxylic acids is 2. The van der Waals surface area contributed by atoms with Crippen LogP contribution in [-0.2, 0) is 11.8 Å². The summed E-state index contributed by atoms with van der Waals surface area (Å²) in [7, 11) is 3.51. The Labute approximate surface area is 141 Å². The summed E-state index contributed by atoms with van der Waals surface area (Å²) in [5.41, 5.74) is 2.07. The number of aryl methyl sites for hydroxylation is 1. The second-order valence-electron chi connectivity index (χ2n) is 5.50. The number of hydrogen-bond donors (Lipinski definition) is 1. The first-order valence-electron chi connectivity index (χ1n) is 7.76. The normalized spacial score (nSPS) is 11.6. The Kier molecular flexibility index (Phi) is 5.52. The van der Waals surface area contributed by atoms with Crippen molar-refractivity contribution in [3.8, 4) is 0 Å². The first kappa shape index (κ1) is 17.5. The van der Waals surface area contributed by atoms with Crippen LogP contribution in [0.2, 0.25) is 0 Å². The van der Waals surface area contributed by atoms with Gasteiger partial charge in [0.05, 0.1) is 11.7 Å². The minimum absolute atomic E-state index is 0.136. The molecule has 0 saturated heterocycles. The molecule has 6 heteroatoms. The van der Waals surface area contributed by atoms with Gasteiger partial charge in [0.25, 0.3) is 5.91 Å². The Bertz CT molecular complexity index is 734. The van der Waals surface area contributed by atoms with E-state index >= 15 is 0 Å². The lowest BCUT2D eigenvalue weighted by Gasteiger charge is -2.17. The van der Waals surface area contributed by atoms with E-state index in [0.717, 1.165) is 12.1 Å². The predicted octanol–water partition coefficient (Wildman–Crippen LogP) is 2.45. The van der Waals surface area contributed by atoms with Crippen LogP contribution in [0.4, 0.5) is 5.69 Å². The lowest BCUT2D eigenvalue weighted by Crippen LogP contribution is -2.28. The van der Waals surface area contributed by atoms with E-state index in [2.05, 4.69) is 17.0 Å². The third kappa shape index (κ3) is 3.90. The highest BCUT2D eigenvalue weighted by Gasteiger charge is 2.16. The van der Waals surface area contributed by atoms with Crippen LogP contribution in [0.15, 0.2) is 49.2 Å². The van der Waals surface area contributed by atoms with E-state index < -0.39 is 0 Å². The van der Waals surface area contributed by atoms with Crippen molar-refractivity contribution in [2.45, 2.75) is 19.4 Å². The molecule has 1 aromatic carbocycles. The number of anilines is 1. The van der Waals surface area contributed by atoms with Crippen molar-refractivity contribution in [1.82, 2.24) is 15.1 Å². The summed E-state index contributed by atoms with van der Waals surface area (Å²) in [5.74, 6) is -0.370. The van der Waals surface area contributed by atoms with Crippen molar-refractivity contribution < 1.29 is 9.59 Å². The number of amides is 2. The van der Waals surface area contributed by atoms with Gasteiger partial charge in [-0.05, 0) is 42.8 Å². The molecule has 0 saturated carbocycles. The zero-order chi connectivity index (χ0) is 17.7. The highest BCUT2D eigenvalue weighted by molar-refractivity contribution is 6.01. The largest absolute Gasteiger partial charge is 0.344 e. The SMILES string of the molecule is C=CC(=O)N(C)c1ccc(C(=O)NC(CC)c2ccn(C)n2)cc1. The van der Waals surface area contributed by atoms with Crippen molar-refractivity contribution >= 4 is 17.5 Å². The van der Waals surface area contributed by atoms with E-state index in [1.165, 1.54) is 11.0 Å². The average molecular weight is 326 g/mol. The molecule has 1 N–H and O–H groups in total. The maximum atomic E-state index is 12.4. The molecule has 1 heterocycles. The summed E-state index contributed by atoms with van der Waals surface area (Å²) in [6, 6.07) is 8.62. The fraction of sp³-hybridized carbons (Fsp3) is 0.278. The Morgan fingerprint density at radius 2 is 2.00 bits per heavy atom. The molecule has 6 nitrogen and oxygen atoms in total. The van der Waals surface area contributed by atoms with E-state index in [4.69, 9.17) is 0 Å². The van der Waals surface area contributed by atoms with E-state index in [9.17, 15) is 9.59 Å². The lowest BCUT2D eigenvalue weighted by molar-refractivity contribution is -0.113. The minimum atomic E-state index is -0.201. The van der Waals surface area contributed by atoms with E-state index in [-0.39, 0.29) is 17.9 Å². The van der Waals surface area contributed by atoms with Gasteiger partial charge in [0.2, 0.25) is 5.91 Å². The van der Waals surface area contributed by atoms with E-state index in [1.54, 1.807) is 36.0 Å². The molecule has 1 atom stereocenters. The molecular formula is C18H22N4O2. The quantitative estimate of drug-likeness (QED) is 0.829. The topological polar surface area (TPSA) is 67.2 Å². The van der Waals surface area contributed by atoms with Crippen LogP contribution >= 0.6 is 0 Å². The predicted molar refractivity (Wildman–Crippen MR) is 93.8 cm³/mol. The molecule has 126 valence electrons. The van der Waals surface area contributed by atoms with Gasteiger partial charge in [-0.2, -0.15) is 5.10 Å². The van der Waals surface area contributed by atoms with Gasteiger partial charge in [-0.3, -0.25) is 14.3 Å². The summed E-state index contributed by atoms with van der Waals surface area (Å²) < 4.78 is 1.71. The summed E-state index contributed by atoms with van der Waals surface area (Å²) >= 11 is 0. The van der Waals surface area contributed by atoms with Crippen molar-refractivity contribution in [1.29, 1.82) is 0 Å². The third-order valence-electron chi connectivity index (χ3n) is 3.83. The van der Waals surface area contributed by atoms with Crippen LogP contribution < -0.4 is 10.2 Å². The standard InChI is InChI=1S/C18H22N4O2/c1-5-15(16-11-12-21(3)20-16)19-18(24)13-7-9-14(10-8-13)22(4)17(23)6-2/h6-12,15H,2,5H2,1,3-4H3,(H,19,24). The molecule has 0 aliphatic heterocycles. The molecule has 0 spiro atoms. The van der Waals surface area contributed by atoms with E-state index in [1.807, 2.05) is 26.2 Å². The molecule has 2 rings (SSSR count). The minimum Gasteiger partial charge on any atom is -0.344 e. The highest BCUT2D eigenvalue weighted by Crippen LogP contribution is 2.17. The summed E-state index contributed by atoms with van der Waals surface area (Å²) in [5, 5.41) is 7.33. The Morgan fingerprint density at radius 1 is 1.33 bits per heavy atom. The molecule has 1 unspecified atom stereocenters. The lowest BCUT2D eigenvalue weighted by atomic mass is 10.1. The number of aromatic nitrogens is 2. The van der Waals surface area contributed by atoms with Crippen molar-refractivity contribution in [2.24, 2.45) is 7.05 Å². The molecular weight excluding hydrogens is 304 g/mol. The number of nitrogens with zero attached hydrogens (tertiary/aromatic N) is 3. The van der Waals surface area contributed by atoms with Crippen molar-refractivity contribution in [3.63, 3.8) is 0 Å². The smallest absolute Gasteiger partial charge is 0.251 e. The number of benzene rings is 1. The molecule has 0 bridgehead atoms. The average Bonchev–Trinajstić information content (AvgIpc) is 3.04. The molecule has 24 heavy (non-hydrogen) atoms. The number of hydrogen-bond acceptors (Lipinski definition) is 3. The number of rotatable bonds is 6. The Balaban J connectivity index is 2.09. The van der Waals surface area contributed by atoms with Crippen LogP contribution in [-0.4, -0.2) is 28.6 Å². The Morgan fingerprint density at radius 3 is 2.50 bits per heavy atom. The number of likely N-dealkylation sites (N-methyl/N-ethyl adjacent to an activating group) is 1. The highest BCUT2D eigenvalue weighted by atomic mass is 16.2. The van der Waals surface area contributed by atoms with Gasteiger partial charge in [0.1, 0.15) is 0 Å². The molecule has 1 aromatic heterocycles. The Hall–Kier alpha value is -2.89. The first-order chi connectivity index (χ1) is 11.5. The fourth-order valence-electron chi connectivity index (χ4n) is 2.35. The maximum Gasteiger partial charge on any atom is 0.251 e. The van der Waals surface area contributed by atoms with Gasteiger partial charge in [0.15, 0.2) is 0 Å². The second kappa shape index (κ2) is 7.59. The zero-order valence-electron chi connectivity index (χ0n) is 14.2. The fourth-order valence-corrected chi connectivity index (χ4v) is 2.35. The molecule has 0 fully saturated rings. The monoisotopic (exact) mass is 326 g/mol. The van der Waals surface area contributed by atoms with Crippen LogP contribution in [0, 0.1) is 0 Å². The van der Waals surface area contributed by atoms with Crippen LogP contribution in [0.25, 0.3) is 0 Å². The molecule has 2 aromatic rings. The summed E-state index contributed by atoms with van der Waals surface area (Å²) in [6.07, 6.45) is 3.85. The maximum absolute atomic E-state index is 12.4. The van der Waals surface area contributed by atoms with Gasteiger partial charge < -0.3 is 10.2 Å². The summed E-state index contributed by atoms with van der Waals surface area (Å²) in [4.78, 5) is 25.5. The number of nitrogens with one attached hydrogen (secondary N) is 1. The molecule has 2 amide bonds. The molecule has 0 aliphatic rings. The van der Waals surface area contributed by atoms with Crippen molar-refractivity contribution in [2.75, 3.05) is 11.9 Å². The van der Waals surface area contributed by atoms with Gasteiger partial charge in [-0.25, -0.2) is 0 Å². The van der Waals surface area contributed by atoms with Crippen LogP contribution in [0.3, 0.4) is 0 Å². The molecule has 0 aliphatic carbocycles. The zero-order valence-corrected chi connectivity index (χ0v) is 14.2. The second-order valence-corrected chi connectivity index (χ2v) is 5.50. The summed E-state index contributed by atoms with van der Waals surface area (Å²) in [6.45, 7) is 5.46. The van der Waals surface area contributed by atoms with Gasteiger partial charge in [-0.1, -0.05) is 13.5 Å².